The number of amides is 5. The fraction of sp³-hybridized carbons (Fsp3) is 0.228. The monoisotopic (exact) mass is 1290 g/mol. The van der Waals surface area contributed by atoms with Crippen molar-refractivity contribution in [1.29, 1.82) is 0 Å². The van der Waals surface area contributed by atoms with Gasteiger partial charge in [-0.25, -0.2) is 24.4 Å². The topological polar surface area (TPSA) is 264 Å². The van der Waals surface area contributed by atoms with Crippen LogP contribution < -0.4 is 21.7 Å². The number of nitrogens with two attached hydrogens (primary N) is 1. The van der Waals surface area contributed by atoms with E-state index in [1.807, 2.05) is 48.5 Å². The lowest BCUT2D eigenvalue weighted by Gasteiger charge is -2.17. The summed E-state index contributed by atoms with van der Waals surface area (Å²) in [4.78, 5) is 87.1. The molecule has 436 valence electrons. The van der Waals surface area contributed by atoms with Gasteiger partial charge in [-0.05, 0) is 108 Å². The van der Waals surface area contributed by atoms with E-state index in [1.54, 1.807) is 79.7 Å². The Bertz CT molecular complexity index is 3560. The molecule has 1 fully saturated rings. The predicted octanol–water partition coefficient (Wildman–Crippen LogP) is 12.3. The number of aromatic amines is 2. The number of nitrogens with one attached hydrogen (secondary N) is 5. The summed E-state index contributed by atoms with van der Waals surface area (Å²) in [5.74, 6) is -1.44. The molecule has 0 aliphatic carbocycles. The van der Waals surface area contributed by atoms with Gasteiger partial charge < -0.3 is 46.2 Å². The number of hydrogen-bond donors (Lipinski definition) is 7. The van der Waals surface area contributed by atoms with Crippen LogP contribution in [0.3, 0.4) is 0 Å². The fourth-order valence-corrected chi connectivity index (χ4v) is 9.91. The molecule has 4 atom stereocenters. The predicted molar refractivity (Wildman–Crippen MR) is 324 cm³/mol. The molecule has 5 amide bonds. The number of imide groups is 1. The molecule has 1 saturated heterocycles. The van der Waals surface area contributed by atoms with Crippen LogP contribution in [0.25, 0.3) is 22.1 Å². The van der Waals surface area contributed by atoms with Crippen LogP contribution in [0, 0.1) is 5.92 Å². The second-order valence-corrected chi connectivity index (χ2v) is 21.7. The number of ether oxygens (including phenoxy) is 2. The number of carboxylic acids is 1. The normalized spacial score (nSPS) is 13.7. The SMILES string of the molecule is COC(=O)[C@@H](N)Cc1ccc(Cl)cc1Cl.COC(=O)[C@H](Cc1ccc(Cl)cc1Cl)NC(=O)NCc1nc2ccccc2[nH]1.C[C@@H](Cc1ccc(Cl)cc1Cl)C(=O)O.O=C1N[C@@H](Cc2ccc(Cl)cc2Cl)C(=O)N1Cc1nc2ccccc2[nH]1. The molecule has 0 saturated carbocycles. The molecule has 0 radical (unpaired) electrons. The van der Waals surface area contributed by atoms with E-state index in [9.17, 15) is 28.8 Å². The number of halogens is 8. The Labute approximate surface area is 516 Å². The summed E-state index contributed by atoms with van der Waals surface area (Å²) in [7, 11) is 2.55. The van der Waals surface area contributed by atoms with Crippen LogP contribution in [0.15, 0.2) is 121 Å². The Morgan fingerprint density at radius 3 is 1.54 bits per heavy atom. The molecule has 1 aliphatic rings. The number of methoxy groups -OCH3 is 2. The molecule has 8 aromatic rings. The zero-order valence-corrected chi connectivity index (χ0v) is 50.3. The van der Waals surface area contributed by atoms with Crippen molar-refractivity contribution >= 4 is 151 Å². The third-order valence-electron chi connectivity index (χ3n) is 12.3. The molecule has 26 heteroatoms. The second-order valence-electron chi connectivity index (χ2n) is 18.4. The first-order valence-corrected chi connectivity index (χ1v) is 28.0. The lowest BCUT2D eigenvalue weighted by atomic mass is 10.0. The van der Waals surface area contributed by atoms with Crippen LogP contribution in [0.5, 0.6) is 0 Å². The highest BCUT2D eigenvalue weighted by atomic mass is 35.5. The van der Waals surface area contributed by atoms with Gasteiger partial charge in [-0.3, -0.25) is 19.3 Å². The number of carbonyl (C=O) groups is 6. The number of imidazole rings is 2. The third-order valence-corrected chi connectivity index (χ3v) is 14.6. The van der Waals surface area contributed by atoms with Crippen molar-refractivity contribution in [2.24, 2.45) is 11.7 Å². The summed E-state index contributed by atoms with van der Waals surface area (Å²) in [6, 6.07) is 32.0. The largest absolute Gasteiger partial charge is 0.481 e. The van der Waals surface area contributed by atoms with Crippen LogP contribution in [-0.2, 0) is 67.4 Å². The highest BCUT2D eigenvalue weighted by molar-refractivity contribution is 6.36. The van der Waals surface area contributed by atoms with Crippen molar-refractivity contribution in [2.75, 3.05) is 14.2 Å². The van der Waals surface area contributed by atoms with Crippen molar-refractivity contribution in [2.45, 2.75) is 63.8 Å². The van der Waals surface area contributed by atoms with Gasteiger partial charge in [-0.1, -0.05) is 148 Å². The molecule has 0 unspecified atom stereocenters. The smallest absolute Gasteiger partial charge is 0.328 e. The third kappa shape index (κ3) is 19.4. The molecule has 6 aromatic carbocycles. The number of urea groups is 2. The van der Waals surface area contributed by atoms with E-state index in [4.69, 9.17) is 108 Å². The van der Waals surface area contributed by atoms with E-state index >= 15 is 0 Å². The number of para-hydroxylation sites is 4. The van der Waals surface area contributed by atoms with Gasteiger partial charge in [-0.15, -0.1) is 0 Å². The molecule has 0 bridgehead atoms. The minimum Gasteiger partial charge on any atom is -0.481 e. The summed E-state index contributed by atoms with van der Waals surface area (Å²) in [6.07, 6.45) is 1.23. The maximum absolute atomic E-state index is 12.6. The van der Waals surface area contributed by atoms with Gasteiger partial charge in [-0.2, -0.15) is 0 Å². The van der Waals surface area contributed by atoms with Gasteiger partial charge in [0, 0.05) is 53.0 Å². The lowest BCUT2D eigenvalue weighted by Crippen LogP contribution is -2.47. The van der Waals surface area contributed by atoms with Crippen LogP contribution in [-0.4, -0.2) is 98.2 Å². The van der Waals surface area contributed by atoms with Crippen molar-refractivity contribution in [3.63, 3.8) is 0 Å². The van der Waals surface area contributed by atoms with Crippen molar-refractivity contribution < 1.29 is 43.3 Å². The number of rotatable bonds is 16. The van der Waals surface area contributed by atoms with Crippen molar-refractivity contribution in [3.05, 3.63) is 195 Å². The van der Waals surface area contributed by atoms with E-state index in [0.717, 1.165) is 43.7 Å². The minimum atomic E-state index is -0.903. The zero-order valence-electron chi connectivity index (χ0n) is 44.3. The number of aliphatic carboxylic acids is 1. The van der Waals surface area contributed by atoms with Crippen LogP contribution >= 0.6 is 92.8 Å². The second kappa shape index (κ2) is 31.2. The number of esters is 2. The number of H-pyrrole nitrogens is 2. The van der Waals surface area contributed by atoms with Gasteiger partial charge in [0.05, 0.1) is 55.3 Å². The average Bonchev–Trinajstić information content (AvgIpc) is 4.39. The summed E-state index contributed by atoms with van der Waals surface area (Å²) in [5, 5.41) is 20.7. The molecule has 83 heavy (non-hydrogen) atoms. The van der Waals surface area contributed by atoms with Crippen LogP contribution in [0.4, 0.5) is 9.59 Å². The molecule has 2 aromatic heterocycles. The molecule has 1 aliphatic heterocycles. The van der Waals surface area contributed by atoms with Crippen molar-refractivity contribution in [3.8, 4) is 0 Å². The van der Waals surface area contributed by atoms with E-state index in [0.29, 0.717) is 76.7 Å². The van der Waals surface area contributed by atoms with Gasteiger partial charge in [0.2, 0.25) is 0 Å². The Hall–Kier alpha value is -6.84. The number of hydrogen-bond acceptors (Lipinski definition) is 11. The quantitative estimate of drug-likeness (QED) is 0.0352. The lowest BCUT2D eigenvalue weighted by molar-refractivity contribution is -0.143. The Balaban J connectivity index is 0.000000186. The van der Waals surface area contributed by atoms with Crippen molar-refractivity contribution in [1.82, 2.24) is 40.8 Å². The molecule has 9 rings (SSSR count). The molecular weight excluding hydrogens is 1240 g/mol. The fourth-order valence-electron chi connectivity index (χ4n) is 7.97. The number of carboxylic acid groups (broad SMARTS) is 1. The number of aromatic nitrogens is 4. The molecule has 8 N–H and O–H groups in total. The van der Waals surface area contributed by atoms with Crippen LogP contribution in [0.1, 0.15) is 40.8 Å². The number of fused-ring (bicyclic) bond motifs is 2. The Morgan fingerprint density at radius 2 is 1.07 bits per heavy atom. The summed E-state index contributed by atoms with van der Waals surface area (Å²) in [6.45, 7) is 1.91. The minimum absolute atomic E-state index is 0.0875. The maximum atomic E-state index is 12.6. The van der Waals surface area contributed by atoms with E-state index in [-0.39, 0.29) is 25.4 Å². The standard InChI is InChI=1S/C19H18Cl2N4O3.C18H14Cl2N4O2.C10H11Cl2NO2.C10H10Cl2O2/c1-28-18(26)16(8-11-6-7-12(20)9-13(11)21)25-19(27)22-10-17-23-14-4-2-3-5-15(14)24-17;19-11-6-5-10(12(20)8-11)7-15-17(25)24(18(26)23-15)9-16-21-13-3-1-2-4-14(13)22-16;1-15-10(14)9(13)4-6-2-3-7(11)5-8(6)12;1-6(10(13)14)4-7-2-3-8(11)5-9(7)12/h2-7,9,16H,8,10H2,1H3,(H,23,24)(H2,22,25,27);1-6,8,15H,7,9H2,(H,21,22)(H,23,26);2-3,5,9H,4,13H2,1H3;2-3,5-6H,4H2,1H3,(H,13,14)/t16-;15-;9-;6-/m0000/s1. The first kappa shape index (κ1) is 65.3. The highest BCUT2D eigenvalue weighted by Gasteiger charge is 2.38. The van der Waals surface area contributed by atoms with E-state index in [2.05, 4.69) is 40.6 Å². The molecule has 18 nitrogen and oxygen atoms in total. The number of nitrogens with zero attached hydrogens (tertiary/aromatic N) is 3. The summed E-state index contributed by atoms with van der Waals surface area (Å²) in [5.41, 5.74) is 11.9. The average molecular weight is 1290 g/mol. The number of benzene rings is 6. The Kier molecular flexibility index (Phi) is 24.5. The highest BCUT2D eigenvalue weighted by Crippen LogP contribution is 2.27. The molecule has 3 heterocycles. The molecule has 0 spiro atoms. The maximum Gasteiger partial charge on any atom is 0.328 e. The first-order valence-electron chi connectivity index (χ1n) is 25.0. The summed E-state index contributed by atoms with van der Waals surface area (Å²) < 4.78 is 9.30. The Morgan fingerprint density at radius 1 is 0.627 bits per heavy atom. The van der Waals surface area contributed by atoms with E-state index < -0.39 is 54.0 Å². The van der Waals surface area contributed by atoms with Gasteiger partial charge in [0.15, 0.2) is 0 Å². The zero-order chi connectivity index (χ0) is 60.5. The molecular formula is C57H53Cl8N9O9. The first-order chi connectivity index (χ1) is 39.5. The number of carbonyl (C=O) groups excluding carboxylic acids is 5. The summed E-state index contributed by atoms with van der Waals surface area (Å²) >= 11 is 47.4. The van der Waals surface area contributed by atoms with Gasteiger partial charge in [0.1, 0.15) is 29.8 Å². The van der Waals surface area contributed by atoms with Gasteiger partial charge >= 0.3 is 30.0 Å². The van der Waals surface area contributed by atoms with Gasteiger partial charge in [0.25, 0.3) is 5.91 Å². The van der Waals surface area contributed by atoms with Crippen LogP contribution in [0.2, 0.25) is 40.2 Å². The van der Waals surface area contributed by atoms with E-state index in [1.165, 1.54) is 14.2 Å².